The van der Waals surface area contributed by atoms with E-state index in [1.807, 2.05) is 50.2 Å². The van der Waals surface area contributed by atoms with E-state index in [0.29, 0.717) is 24.1 Å². The van der Waals surface area contributed by atoms with E-state index in [1.54, 1.807) is 12.1 Å². The van der Waals surface area contributed by atoms with Gasteiger partial charge < -0.3 is 5.32 Å². The van der Waals surface area contributed by atoms with Crippen molar-refractivity contribution >= 4 is 17.4 Å². The minimum Gasteiger partial charge on any atom is -0.326 e. The summed E-state index contributed by atoms with van der Waals surface area (Å²) >= 11 is 0. The molecule has 3 heteroatoms. The molecule has 0 saturated carbocycles. The second-order valence-electron chi connectivity index (χ2n) is 4.80. The molecule has 0 saturated heterocycles. The van der Waals surface area contributed by atoms with Gasteiger partial charge in [-0.25, -0.2) is 0 Å². The molecule has 2 aromatic rings. The van der Waals surface area contributed by atoms with Gasteiger partial charge >= 0.3 is 0 Å². The molecule has 0 unspecified atom stereocenters. The Hall–Kier alpha value is -2.42. The molecule has 0 aliphatic rings. The van der Waals surface area contributed by atoms with Gasteiger partial charge in [-0.15, -0.1) is 0 Å². The van der Waals surface area contributed by atoms with Gasteiger partial charge in [0.15, 0.2) is 5.78 Å². The predicted octanol–water partition coefficient (Wildman–Crippen LogP) is 4.29. The highest BCUT2D eigenvalue weighted by Crippen LogP contribution is 2.28. The van der Waals surface area contributed by atoms with Crippen LogP contribution in [0.15, 0.2) is 48.5 Å². The van der Waals surface area contributed by atoms with Crippen molar-refractivity contribution in [2.24, 2.45) is 0 Å². The van der Waals surface area contributed by atoms with Crippen molar-refractivity contribution in [1.82, 2.24) is 0 Å². The highest BCUT2D eigenvalue weighted by atomic mass is 16.1. The molecule has 1 N–H and O–H groups in total. The van der Waals surface area contributed by atoms with Crippen molar-refractivity contribution in [2.45, 2.75) is 26.7 Å². The second-order valence-corrected chi connectivity index (χ2v) is 4.80. The third kappa shape index (κ3) is 3.57. The Morgan fingerprint density at radius 1 is 0.952 bits per heavy atom. The third-order valence-corrected chi connectivity index (χ3v) is 3.33. The number of rotatable bonds is 5. The van der Waals surface area contributed by atoms with E-state index in [1.165, 1.54) is 0 Å². The molecule has 2 rings (SSSR count). The molecule has 1 amide bonds. The summed E-state index contributed by atoms with van der Waals surface area (Å²) in [6.07, 6.45) is 0.886. The fourth-order valence-corrected chi connectivity index (χ4v) is 2.16. The zero-order valence-corrected chi connectivity index (χ0v) is 12.3. The third-order valence-electron chi connectivity index (χ3n) is 3.33. The molecule has 0 aliphatic carbocycles. The molecule has 108 valence electrons. The number of Topliss-reactive ketones (excluding diaryl/α,β-unsaturated/α-hetero) is 1. The monoisotopic (exact) mass is 281 g/mol. The van der Waals surface area contributed by atoms with Crippen molar-refractivity contribution in [2.75, 3.05) is 5.32 Å². The summed E-state index contributed by atoms with van der Waals surface area (Å²) in [6.45, 7) is 3.66. The highest BCUT2D eigenvalue weighted by Gasteiger charge is 2.12. The largest absolute Gasteiger partial charge is 0.326 e. The Morgan fingerprint density at radius 3 is 2.29 bits per heavy atom. The zero-order chi connectivity index (χ0) is 15.2. The van der Waals surface area contributed by atoms with Gasteiger partial charge in [-0.3, -0.25) is 9.59 Å². The first-order chi connectivity index (χ1) is 10.2. The number of ketones is 1. The summed E-state index contributed by atoms with van der Waals surface area (Å²) in [5, 5.41) is 2.84. The molecule has 0 atom stereocenters. The maximum Gasteiger partial charge on any atom is 0.224 e. The average molecular weight is 281 g/mol. The first-order valence-corrected chi connectivity index (χ1v) is 7.18. The lowest BCUT2D eigenvalue weighted by Crippen LogP contribution is -2.10. The van der Waals surface area contributed by atoms with Crippen LogP contribution in [0.25, 0.3) is 11.1 Å². The first kappa shape index (κ1) is 15.0. The van der Waals surface area contributed by atoms with Crippen molar-refractivity contribution in [3.8, 4) is 11.1 Å². The molecular formula is C18H19NO2. The van der Waals surface area contributed by atoms with Crippen LogP contribution in [0, 0.1) is 0 Å². The van der Waals surface area contributed by atoms with Crippen LogP contribution in [0.3, 0.4) is 0 Å². The number of anilines is 1. The van der Waals surface area contributed by atoms with Gasteiger partial charge in [0.25, 0.3) is 0 Å². The van der Waals surface area contributed by atoms with Crippen LogP contribution >= 0.6 is 0 Å². The van der Waals surface area contributed by atoms with E-state index in [4.69, 9.17) is 0 Å². The maximum absolute atomic E-state index is 12.1. The molecule has 0 aliphatic heterocycles. The molecule has 0 bridgehead atoms. The fraction of sp³-hybridized carbons (Fsp3) is 0.222. The molecule has 0 fully saturated rings. The summed E-state index contributed by atoms with van der Waals surface area (Å²) in [4.78, 5) is 23.6. The van der Waals surface area contributed by atoms with Crippen molar-refractivity contribution in [3.05, 3.63) is 54.1 Å². The van der Waals surface area contributed by atoms with E-state index in [-0.39, 0.29) is 11.7 Å². The topological polar surface area (TPSA) is 46.2 Å². The van der Waals surface area contributed by atoms with Crippen LogP contribution in [-0.4, -0.2) is 11.7 Å². The smallest absolute Gasteiger partial charge is 0.224 e. The Kier molecular flexibility index (Phi) is 4.88. The number of benzene rings is 2. The molecule has 3 nitrogen and oxygen atoms in total. The minimum atomic E-state index is -0.0384. The van der Waals surface area contributed by atoms with Gasteiger partial charge in [-0.2, -0.15) is 0 Å². The molecule has 0 radical (unpaired) electrons. The van der Waals surface area contributed by atoms with E-state index in [0.717, 1.165) is 11.1 Å². The fourth-order valence-electron chi connectivity index (χ4n) is 2.16. The lowest BCUT2D eigenvalue weighted by atomic mass is 9.95. The molecule has 0 spiro atoms. The van der Waals surface area contributed by atoms with Crippen molar-refractivity contribution in [1.29, 1.82) is 0 Å². The van der Waals surface area contributed by atoms with Crippen LogP contribution in [0.1, 0.15) is 37.0 Å². The van der Waals surface area contributed by atoms with E-state index in [2.05, 4.69) is 5.32 Å². The lowest BCUT2D eigenvalue weighted by Gasteiger charge is -2.11. The van der Waals surface area contributed by atoms with Crippen molar-refractivity contribution in [3.63, 3.8) is 0 Å². The second kappa shape index (κ2) is 6.84. The number of carbonyl (C=O) groups excluding carboxylic acids is 2. The maximum atomic E-state index is 12.1. The summed E-state index contributed by atoms with van der Waals surface area (Å²) in [5.74, 6) is 0.0609. The van der Waals surface area contributed by atoms with Crippen molar-refractivity contribution < 1.29 is 9.59 Å². The molecule has 2 aromatic carbocycles. The summed E-state index contributed by atoms with van der Waals surface area (Å²) < 4.78 is 0. The van der Waals surface area contributed by atoms with Gasteiger partial charge in [0.1, 0.15) is 0 Å². The normalized spacial score (nSPS) is 10.2. The van der Waals surface area contributed by atoms with Crippen LogP contribution in [-0.2, 0) is 4.79 Å². The summed E-state index contributed by atoms with van der Waals surface area (Å²) in [6, 6.07) is 15.2. The summed E-state index contributed by atoms with van der Waals surface area (Å²) in [7, 11) is 0. The minimum absolute atomic E-state index is 0.0384. The number of hydrogen-bond acceptors (Lipinski definition) is 2. The number of hydrogen-bond donors (Lipinski definition) is 1. The van der Waals surface area contributed by atoms with E-state index >= 15 is 0 Å². The van der Waals surface area contributed by atoms with Gasteiger partial charge in [-0.05, 0) is 29.3 Å². The Morgan fingerprint density at radius 2 is 1.67 bits per heavy atom. The highest BCUT2D eigenvalue weighted by molar-refractivity contribution is 6.03. The van der Waals surface area contributed by atoms with Crippen LogP contribution in [0.2, 0.25) is 0 Å². The average Bonchev–Trinajstić information content (AvgIpc) is 2.54. The van der Waals surface area contributed by atoms with Gasteiger partial charge in [0.2, 0.25) is 5.91 Å². The van der Waals surface area contributed by atoms with Gasteiger partial charge in [0.05, 0.1) is 0 Å². The van der Waals surface area contributed by atoms with E-state index in [9.17, 15) is 9.59 Å². The van der Waals surface area contributed by atoms with Crippen LogP contribution in [0.4, 0.5) is 5.69 Å². The first-order valence-electron chi connectivity index (χ1n) is 7.18. The Labute approximate surface area is 125 Å². The molecular weight excluding hydrogens is 262 g/mol. The van der Waals surface area contributed by atoms with E-state index < -0.39 is 0 Å². The van der Waals surface area contributed by atoms with Gasteiger partial charge in [-0.1, -0.05) is 44.2 Å². The zero-order valence-electron chi connectivity index (χ0n) is 12.3. The Balaban J connectivity index is 2.49. The molecule has 21 heavy (non-hydrogen) atoms. The molecule has 0 aromatic heterocycles. The number of nitrogens with one attached hydrogen (secondary N) is 1. The number of carbonyl (C=O) groups is 2. The van der Waals surface area contributed by atoms with Gasteiger partial charge in [0, 0.05) is 24.1 Å². The predicted molar refractivity (Wildman–Crippen MR) is 85.4 cm³/mol. The SMILES string of the molecule is CCC(=O)Nc1ccc(C(=O)CC)c(-c2ccccc2)c1. The summed E-state index contributed by atoms with van der Waals surface area (Å²) in [5.41, 5.74) is 3.24. The van der Waals surface area contributed by atoms with Crippen LogP contribution < -0.4 is 5.32 Å². The number of amides is 1. The Bertz CT molecular complexity index is 648. The lowest BCUT2D eigenvalue weighted by molar-refractivity contribution is -0.115. The van der Waals surface area contributed by atoms with Crippen LogP contribution in [0.5, 0.6) is 0 Å². The standard InChI is InChI=1S/C18H19NO2/c1-3-17(20)15-11-10-14(19-18(21)4-2)12-16(15)13-8-6-5-7-9-13/h5-12H,3-4H2,1-2H3,(H,19,21). The molecule has 0 heterocycles. The quantitative estimate of drug-likeness (QED) is 0.831.